The van der Waals surface area contributed by atoms with E-state index in [1.807, 2.05) is 19.1 Å². The normalized spacial score (nSPS) is 11.6. The van der Waals surface area contributed by atoms with Crippen molar-refractivity contribution in [3.8, 4) is 0 Å². The predicted octanol–water partition coefficient (Wildman–Crippen LogP) is 4.01. The smallest absolute Gasteiger partial charge is 0.256 e. The SMILES string of the molecule is CC(N)CCNC(=O)c1ccsc1NC(=O)c1ccc(C(C)C)cc1.Cl. The van der Waals surface area contributed by atoms with Crippen LogP contribution in [0.3, 0.4) is 0 Å². The van der Waals surface area contributed by atoms with E-state index in [0.717, 1.165) is 0 Å². The summed E-state index contributed by atoms with van der Waals surface area (Å²) in [6.07, 6.45) is 0.708. The summed E-state index contributed by atoms with van der Waals surface area (Å²) in [5.41, 5.74) is 7.91. The molecule has 2 aromatic rings. The zero-order valence-electron chi connectivity index (χ0n) is 15.2. The average molecular weight is 396 g/mol. The lowest BCUT2D eigenvalue weighted by Crippen LogP contribution is -2.29. The largest absolute Gasteiger partial charge is 0.352 e. The Morgan fingerprint density at radius 2 is 1.73 bits per heavy atom. The molecular formula is C19H26ClN3O2S. The molecule has 5 nitrogen and oxygen atoms in total. The van der Waals surface area contributed by atoms with Crippen LogP contribution in [-0.2, 0) is 0 Å². The monoisotopic (exact) mass is 395 g/mol. The van der Waals surface area contributed by atoms with E-state index < -0.39 is 0 Å². The van der Waals surface area contributed by atoms with Crippen LogP contribution in [-0.4, -0.2) is 24.4 Å². The lowest BCUT2D eigenvalue weighted by molar-refractivity contribution is 0.0954. The quantitative estimate of drug-likeness (QED) is 0.662. The van der Waals surface area contributed by atoms with Gasteiger partial charge < -0.3 is 16.4 Å². The molecule has 26 heavy (non-hydrogen) atoms. The Kier molecular flexibility index (Phi) is 8.78. The highest BCUT2D eigenvalue weighted by molar-refractivity contribution is 7.14. The highest BCUT2D eigenvalue weighted by Crippen LogP contribution is 2.24. The van der Waals surface area contributed by atoms with Gasteiger partial charge >= 0.3 is 0 Å². The summed E-state index contributed by atoms with van der Waals surface area (Å²) in [6, 6.07) is 9.27. The number of anilines is 1. The van der Waals surface area contributed by atoms with Gasteiger partial charge in [-0.25, -0.2) is 0 Å². The summed E-state index contributed by atoms with van der Waals surface area (Å²) in [5, 5.41) is 8.00. The number of carbonyl (C=O) groups excluding carboxylic acids is 2. The number of thiophene rings is 1. The maximum atomic E-state index is 12.4. The fraction of sp³-hybridized carbons (Fsp3) is 0.368. The molecule has 0 bridgehead atoms. The van der Waals surface area contributed by atoms with Crippen molar-refractivity contribution in [3.05, 3.63) is 52.4 Å². The van der Waals surface area contributed by atoms with Gasteiger partial charge in [0.15, 0.2) is 0 Å². The molecule has 0 fully saturated rings. The van der Waals surface area contributed by atoms with Gasteiger partial charge in [0.1, 0.15) is 5.00 Å². The van der Waals surface area contributed by atoms with Gasteiger partial charge in [-0.1, -0.05) is 26.0 Å². The van der Waals surface area contributed by atoms with Crippen molar-refractivity contribution in [2.45, 2.75) is 39.2 Å². The molecule has 0 spiro atoms. The van der Waals surface area contributed by atoms with Gasteiger partial charge in [0, 0.05) is 18.2 Å². The lowest BCUT2D eigenvalue weighted by atomic mass is 10.0. The van der Waals surface area contributed by atoms with Crippen molar-refractivity contribution in [1.29, 1.82) is 0 Å². The van der Waals surface area contributed by atoms with E-state index in [0.29, 0.717) is 35.0 Å². The van der Waals surface area contributed by atoms with Crippen LogP contribution in [0.5, 0.6) is 0 Å². The number of benzene rings is 1. The third kappa shape index (κ3) is 6.12. The van der Waals surface area contributed by atoms with Crippen LogP contribution < -0.4 is 16.4 Å². The van der Waals surface area contributed by atoms with Crippen LogP contribution in [0.15, 0.2) is 35.7 Å². The molecule has 2 amide bonds. The molecule has 0 saturated carbocycles. The summed E-state index contributed by atoms with van der Waals surface area (Å²) >= 11 is 1.33. The Hall–Kier alpha value is -1.89. The van der Waals surface area contributed by atoms with Gasteiger partial charge in [0.25, 0.3) is 11.8 Å². The number of hydrogen-bond donors (Lipinski definition) is 3. The van der Waals surface area contributed by atoms with E-state index in [9.17, 15) is 9.59 Å². The first-order chi connectivity index (χ1) is 11.9. The van der Waals surface area contributed by atoms with Gasteiger partial charge in [-0.05, 0) is 48.4 Å². The van der Waals surface area contributed by atoms with Gasteiger partial charge in [-0.15, -0.1) is 23.7 Å². The fourth-order valence-electron chi connectivity index (χ4n) is 2.29. The van der Waals surface area contributed by atoms with Crippen molar-refractivity contribution in [3.63, 3.8) is 0 Å². The van der Waals surface area contributed by atoms with Gasteiger partial charge in [0.2, 0.25) is 0 Å². The second-order valence-corrected chi connectivity index (χ2v) is 7.33. The Labute approximate surface area is 164 Å². The van der Waals surface area contributed by atoms with E-state index in [-0.39, 0.29) is 30.3 Å². The molecular weight excluding hydrogens is 370 g/mol. The fourth-order valence-corrected chi connectivity index (χ4v) is 3.07. The van der Waals surface area contributed by atoms with Crippen molar-refractivity contribution in [2.75, 3.05) is 11.9 Å². The standard InChI is InChI=1S/C19H25N3O2S.ClH/c1-12(2)14-4-6-15(7-5-14)17(23)22-19-16(9-11-25-19)18(24)21-10-8-13(3)20;/h4-7,9,11-13H,8,10,20H2,1-3H3,(H,21,24)(H,22,23);1H. The molecule has 0 saturated heterocycles. The van der Waals surface area contributed by atoms with Crippen LogP contribution in [0.2, 0.25) is 0 Å². The third-order valence-electron chi connectivity index (χ3n) is 3.86. The molecule has 0 radical (unpaired) electrons. The van der Waals surface area contributed by atoms with Gasteiger partial charge in [0.05, 0.1) is 5.56 Å². The first-order valence-corrected chi connectivity index (χ1v) is 9.29. The first-order valence-electron chi connectivity index (χ1n) is 8.41. The van der Waals surface area contributed by atoms with E-state index in [1.165, 1.54) is 16.9 Å². The molecule has 1 aromatic carbocycles. The van der Waals surface area contributed by atoms with Crippen LogP contribution >= 0.6 is 23.7 Å². The van der Waals surface area contributed by atoms with Crippen molar-refractivity contribution in [2.24, 2.45) is 5.73 Å². The van der Waals surface area contributed by atoms with Gasteiger partial charge in [-0.3, -0.25) is 9.59 Å². The molecule has 0 aliphatic rings. The number of nitrogens with one attached hydrogen (secondary N) is 2. The summed E-state index contributed by atoms with van der Waals surface area (Å²) in [7, 11) is 0. The summed E-state index contributed by atoms with van der Waals surface area (Å²) < 4.78 is 0. The second-order valence-electron chi connectivity index (χ2n) is 6.42. The number of nitrogens with two attached hydrogens (primary N) is 1. The lowest BCUT2D eigenvalue weighted by Gasteiger charge is -2.10. The van der Waals surface area contributed by atoms with Crippen LogP contribution in [0.4, 0.5) is 5.00 Å². The Balaban J connectivity index is 0.00000338. The molecule has 7 heteroatoms. The van der Waals surface area contributed by atoms with E-state index in [1.54, 1.807) is 23.6 Å². The number of hydrogen-bond acceptors (Lipinski definition) is 4. The van der Waals surface area contributed by atoms with Gasteiger partial charge in [-0.2, -0.15) is 0 Å². The van der Waals surface area contributed by atoms with E-state index in [2.05, 4.69) is 24.5 Å². The molecule has 1 unspecified atom stereocenters. The average Bonchev–Trinajstić information content (AvgIpc) is 3.02. The highest BCUT2D eigenvalue weighted by Gasteiger charge is 2.16. The van der Waals surface area contributed by atoms with Crippen LogP contribution in [0.25, 0.3) is 0 Å². The third-order valence-corrected chi connectivity index (χ3v) is 4.69. The molecule has 1 heterocycles. The summed E-state index contributed by atoms with van der Waals surface area (Å²) in [4.78, 5) is 24.7. The second kappa shape index (κ2) is 10.3. The van der Waals surface area contributed by atoms with E-state index in [4.69, 9.17) is 5.73 Å². The van der Waals surface area contributed by atoms with Crippen molar-refractivity contribution in [1.82, 2.24) is 5.32 Å². The van der Waals surface area contributed by atoms with Crippen molar-refractivity contribution >= 4 is 40.6 Å². The Bertz CT molecular complexity index is 727. The summed E-state index contributed by atoms with van der Waals surface area (Å²) in [6.45, 7) is 6.62. The minimum absolute atomic E-state index is 0. The zero-order chi connectivity index (χ0) is 18.4. The minimum atomic E-state index is -0.220. The molecule has 1 aromatic heterocycles. The predicted molar refractivity (Wildman–Crippen MR) is 111 cm³/mol. The Morgan fingerprint density at radius 1 is 1.08 bits per heavy atom. The zero-order valence-corrected chi connectivity index (χ0v) is 16.9. The molecule has 0 aliphatic carbocycles. The Morgan fingerprint density at radius 3 is 2.31 bits per heavy atom. The maximum Gasteiger partial charge on any atom is 0.256 e. The number of amides is 2. The maximum absolute atomic E-state index is 12.4. The van der Waals surface area contributed by atoms with Crippen LogP contribution in [0, 0.1) is 0 Å². The topological polar surface area (TPSA) is 84.2 Å². The molecule has 1 atom stereocenters. The minimum Gasteiger partial charge on any atom is -0.352 e. The number of carbonyl (C=O) groups is 2. The molecule has 142 valence electrons. The molecule has 2 rings (SSSR count). The highest BCUT2D eigenvalue weighted by atomic mass is 35.5. The summed E-state index contributed by atoms with van der Waals surface area (Å²) in [5.74, 6) is -0.00399. The van der Waals surface area contributed by atoms with Crippen LogP contribution in [0.1, 0.15) is 59.4 Å². The molecule has 0 aliphatic heterocycles. The van der Waals surface area contributed by atoms with Crippen molar-refractivity contribution < 1.29 is 9.59 Å². The number of halogens is 1. The van der Waals surface area contributed by atoms with E-state index >= 15 is 0 Å². The molecule has 4 N–H and O–H groups in total. The number of rotatable bonds is 7. The first kappa shape index (κ1) is 22.2.